The Balaban J connectivity index is 3.26. The standard InChI is InChI=1S/C6H9FN/c1-2-3-6(4-7)5-8/h6H,1-4H2. The fourth-order valence-electron chi connectivity index (χ4n) is 0.423. The maximum Gasteiger partial charge on any atom is 0.105 e. The molecule has 0 aromatic rings. The summed E-state index contributed by atoms with van der Waals surface area (Å²) < 4.78 is 11.6. The van der Waals surface area contributed by atoms with Gasteiger partial charge in [0.15, 0.2) is 0 Å². The van der Waals surface area contributed by atoms with Crippen LogP contribution in [0.15, 0.2) is 0 Å². The summed E-state index contributed by atoms with van der Waals surface area (Å²) in [5.41, 5.74) is 0. The Morgan fingerprint density at radius 3 is 2.50 bits per heavy atom. The molecule has 0 aromatic carbocycles. The lowest BCUT2D eigenvalue weighted by atomic mass is 10.1. The van der Waals surface area contributed by atoms with E-state index in [2.05, 4.69) is 6.92 Å². The SMILES string of the molecule is [CH2]CCC(C#N)CF. The van der Waals surface area contributed by atoms with E-state index in [4.69, 9.17) is 5.26 Å². The second-order valence-corrected chi connectivity index (χ2v) is 1.62. The van der Waals surface area contributed by atoms with Crippen molar-refractivity contribution in [3.05, 3.63) is 6.92 Å². The lowest BCUT2D eigenvalue weighted by Crippen LogP contribution is -1.97. The number of nitriles is 1. The van der Waals surface area contributed by atoms with Gasteiger partial charge in [-0.1, -0.05) is 13.3 Å². The summed E-state index contributed by atoms with van der Waals surface area (Å²) in [4.78, 5) is 0. The highest BCUT2D eigenvalue weighted by Crippen LogP contribution is 2.03. The maximum absolute atomic E-state index is 11.6. The van der Waals surface area contributed by atoms with Crippen molar-refractivity contribution in [2.24, 2.45) is 5.92 Å². The molecule has 0 fully saturated rings. The molecule has 1 atom stereocenters. The van der Waals surface area contributed by atoms with E-state index in [0.717, 1.165) is 0 Å². The first-order valence-corrected chi connectivity index (χ1v) is 2.60. The minimum Gasteiger partial charge on any atom is -0.250 e. The molecule has 0 aromatic heterocycles. The van der Waals surface area contributed by atoms with E-state index in [1.54, 1.807) is 0 Å². The smallest absolute Gasteiger partial charge is 0.105 e. The molecule has 0 bridgehead atoms. The fourth-order valence-corrected chi connectivity index (χ4v) is 0.423. The fraction of sp³-hybridized carbons (Fsp3) is 0.667. The van der Waals surface area contributed by atoms with Gasteiger partial charge in [0.2, 0.25) is 0 Å². The van der Waals surface area contributed by atoms with E-state index in [-0.39, 0.29) is 0 Å². The van der Waals surface area contributed by atoms with Gasteiger partial charge in [0.05, 0.1) is 12.0 Å². The van der Waals surface area contributed by atoms with E-state index < -0.39 is 12.6 Å². The van der Waals surface area contributed by atoms with Crippen molar-refractivity contribution in [3.63, 3.8) is 0 Å². The van der Waals surface area contributed by atoms with E-state index in [0.29, 0.717) is 12.8 Å². The molecule has 0 saturated heterocycles. The van der Waals surface area contributed by atoms with Crippen LogP contribution in [0.1, 0.15) is 12.8 Å². The van der Waals surface area contributed by atoms with Gasteiger partial charge in [0.25, 0.3) is 0 Å². The van der Waals surface area contributed by atoms with Crippen LogP contribution in [-0.4, -0.2) is 6.67 Å². The summed E-state index contributed by atoms with van der Waals surface area (Å²) in [6, 6.07) is 1.84. The molecule has 1 unspecified atom stereocenters. The first kappa shape index (κ1) is 7.42. The summed E-state index contributed by atoms with van der Waals surface area (Å²) in [5.74, 6) is -0.424. The molecule has 8 heavy (non-hydrogen) atoms. The largest absolute Gasteiger partial charge is 0.250 e. The number of alkyl halides is 1. The second-order valence-electron chi connectivity index (χ2n) is 1.62. The van der Waals surface area contributed by atoms with Crippen molar-refractivity contribution in [3.8, 4) is 6.07 Å². The number of halogens is 1. The third-order valence-electron chi connectivity index (χ3n) is 0.921. The van der Waals surface area contributed by atoms with Gasteiger partial charge in [-0.25, -0.2) is 4.39 Å². The van der Waals surface area contributed by atoms with Crippen molar-refractivity contribution in [1.29, 1.82) is 5.26 Å². The average molecular weight is 114 g/mol. The third kappa shape index (κ3) is 2.57. The number of hydrogen-bond acceptors (Lipinski definition) is 1. The van der Waals surface area contributed by atoms with Gasteiger partial charge in [-0.15, -0.1) is 0 Å². The Kier molecular flexibility index (Phi) is 4.24. The van der Waals surface area contributed by atoms with Crippen LogP contribution in [0.3, 0.4) is 0 Å². The molecule has 2 heteroatoms. The lowest BCUT2D eigenvalue weighted by Gasteiger charge is -1.96. The first-order chi connectivity index (χ1) is 3.85. The third-order valence-corrected chi connectivity index (χ3v) is 0.921. The molecule has 0 rings (SSSR count). The van der Waals surface area contributed by atoms with Crippen LogP contribution < -0.4 is 0 Å². The van der Waals surface area contributed by atoms with Crippen LogP contribution in [0, 0.1) is 24.2 Å². The molecule has 0 aliphatic carbocycles. The van der Waals surface area contributed by atoms with Crippen LogP contribution in [0.4, 0.5) is 4.39 Å². The monoisotopic (exact) mass is 114 g/mol. The van der Waals surface area contributed by atoms with Crippen molar-refractivity contribution in [1.82, 2.24) is 0 Å². The van der Waals surface area contributed by atoms with Crippen LogP contribution >= 0.6 is 0 Å². The minimum atomic E-state index is -0.536. The minimum absolute atomic E-state index is 0.424. The molecule has 0 amide bonds. The van der Waals surface area contributed by atoms with Crippen LogP contribution in [0.2, 0.25) is 0 Å². The topological polar surface area (TPSA) is 23.8 Å². The van der Waals surface area contributed by atoms with Crippen LogP contribution in [0.25, 0.3) is 0 Å². The molecule has 0 spiro atoms. The number of hydrogen-bond donors (Lipinski definition) is 0. The van der Waals surface area contributed by atoms with E-state index in [1.165, 1.54) is 0 Å². The predicted octanol–water partition coefficient (Wildman–Crippen LogP) is 1.71. The molecule has 45 valence electrons. The van der Waals surface area contributed by atoms with Gasteiger partial charge in [-0.05, 0) is 6.42 Å². The van der Waals surface area contributed by atoms with E-state index >= 15 is 0 Å². The molecular weight excluding hydrogens is 105 g/mol. The Labute approximate surface area is 49.1 Å². The second kappa shape index (κ2) is 4.58. The molecule has 0 N–H and O–H groups in total. The summed E-state index contributed by atoms with van der Waals surface area (Å²) in [7, 11) is 0. The highest BCUT2D eigenvalue weighted by atomic mass is 19.1. The Bertz CT molecular complexity index is 85.0. The molecule has 0 saturated carbocycles. The van der Waals surface area contributed by atoms with Crippen molar-refractivity contribution < 1.29 is 4.39 Å². The van der Waals surface area contributed by atoms with Gasteiger partial charge >= 0.3 is 0 Å². The van der Waals surface area contributed by atoms with Gasteiger partial charge < -0.3 is 0 Å². The Morgan fingerprint density at radius 2 is 2.38 bits per heavy atom. The van der Waals surface area contributed by atoms with Gasteiger partial charge in [0, 0.05) is 0 Å². The molecule has 0 aliphatic rings. The molecule has 0 aliphatic heterocycles. The summed E-state index contributed by atoms with van der Waals surface area (Å²) >= 11 is 0. The van der Waals surface area contributed by atoms with Crippen molar-refractivity contribution in [2.45, 2.75) is 12.8 Å². The number of rotatable bonds is 3. The quantitative estimate of drug-likeness (QED) is 0.548. The number of nitrogens with zero attached hydrogens (tertiary/aromatic N) is 1. The summed E-state index contributed by atoms with van der Waals surface area (Å²) in [5, 5.41) is 8.14. The van der Waals surface area contributed by atoms with E-state index in [1.807, 2.05) is 6.07 Å². The predicted molar refractivity (Wildman–Crippen MR) is 29.7 cm³/mol. The molecule has 0 heterocycles. The van der Waals surface area contributed by atoms with Crippen molar-refractivity contribution in [2.75, 3.05) is 6.67 Å². The molecular formula is C6H9FN. The summed E-state index contributed by atoms with van der Waals surface area (Å²) in [6.45, 7) is 2.97. The highest BCUT2D eigenvalue weighted by molar-refractivity contribution is 4.81. The molecule has 1 radical (unpaired) electrons. The van der Waals surface area contributed by atoms with Crippen LogP contribution in [0.5, 0.6) is 0 Å². The normalized spacial score (nSPS) is 12.6. The van der Waals surface area contributed by atoms with Gasteiger partial charge in [-0.3, -0.25) is 0 Å². The zero-order chi connectivity index (χ0) is 6.41. The summed E-state index contributed by atoms with van der Waals surface area (Å²) in [6.07, 6.45) is 1.22. The zero-order valence-corrected chi connectivity index (χ0v) is 4.73. The van der Waals surface area contributed by atoms with Gasteiger partial charge in [-0.2, -0.15) is 5.26 Å². The maximum atomic E-state index is 11.6. The Hall–Kier alpha value is -0.580. The first-order valence-electron chi connectivity index (χ1n) is 2.60. The highest BCUT2D eigenvalue weighted by Gasteiger charge is 2.02. The Morgan fingerprint density at radius 1 is 1.75 bits per heavy atom. The zero-order valence-electron chi connectivity index (χ0n) is 4.73. The van der Waals surface area contributed by atoms with Crippen molar-refractivity contribution >= 4 is 0 Å². The van der Waals surface area contributed by atoms with Gasteiger partial charge in [0.1, 0.15) is 6.67 Å². The van der Waals surface area contributed by atoms with Crippen LogP contribution in [-0.2, 0) is 0 Å². The lowest BCUT2D eigenvalue weighted by molar-refractivity contribution is 0.402. The molecule has 1 nitrogen and oxygen atoms in total. The van der Waals surface area contributed by atoms with E-state index in [9.17, 15) is 4.39 Å². The average Bonchev–Trinajstić information content (AvgIpc) is 1.83.